The minimum absolute atomic E-state index is 0.0220. The summed E-state index contributed by atoms with van der Waals surface area (Å²) in [5.41, 5.74) is 0.805. The van der Waals surface area contributed by atoms with Crippen molar-refractivity contribution in [3.05, 3.63) is 36.2 Å². The summed E-state index contributed by atoms with van der Waals surface area (Å²) in [5.74, 6) is -0.394. The summed E-state index contributed by atoms with van der Waals surface area (Å²) in [6, 6.07) is 8.85. The summed E-state index contributed by atoms with van der Waals surface area (Å²) in [6.45, 7) is 1.44. The Hall–Kier alpha value is -2.75. The number of nitrogens with one attached hydrogen (secondary N) is 1. The molecule has 0 bridgehead atoms. The molecule has 1 aromatic carbocycles. The van der Waals surface area contributed by atoms with Crippen LogP contribution >= 0.6 is 0 Å². The van der Waals surface area contributed by atoms with E-state index in [1.54, 1.807) is 0 Å². The lowest BCUT2D eigenvalue weighted by molar-refractivity contribution is -0.155. The van der Waals surface area contributed by atoms with Crippen LogP contribution in [0, 0.1) is 0 Å². The normalized spacial score (nSPS) is 19.1. The van der Waals surface area contributed by atoms with Crippen molar-refractivity contribution in [1.82, 2.24) is 15.5 Å². The predicted molar refractivity (Wildman–Crippen MR) is 98.8 cm³/mol. The van der Waals surface area contributed by atoms with Gasteiger partial charge >= 0.3 is 5.97 Å². The van der Waals surface area contributed by atoms with Crippen LogP contribution < -0.4 is 5.32 Å². The van der Waals surface area contributed by atoms with Crippen molar-refractivity contribution in [3.8, 4) is 11.4 Å². The van der Waals surface area contributed by atoms with E-state index < -0.39 is 33.9 Å². The molecule has 1 fully saturated rings. The van der Waals surface area contributed by atoms with Crippen LogP contribution in [0.3, 0.4) is 0 Å². The van der Waals surface area contributed by atoms with E-state index in [-0.39, 0.29) is 24.3 Å². The number of hydrogen-bond acceptors (Lipinski definition) is 8. The Morgan fingerprint density at radius 1 is 1.32 bits per heavy atom. The number of carbonyl (C=O) groups is 2. The third kappa shape index (κ3) is 5.38. The number of benzene rings is 1. The topological polar surface area (TPSA) is 128 Å². The molecule has 2 aromatic rings. The molecule has 150 valence electrons. The molecule has 0 spiro atoms. The molecule has 1 amide bonds. The summed E-state index contributed by atoms with van der Waals surface area (Å²) in [5, 5.41) is 6.47. The third-order valence-electron chi connectivity index (χ3n) is 4.30. The van der Waals surface area contributed by atoms with Gasteiger partial charge < -0.3 is 14.6 Å². The molecule has 1 saturated heterocycles. The summed E-state index contributed by atoms with van der Waals surface area (Å²) >= 11 is 0. The molecule has 10 heteroatoms. The van der Waals surface area contributed by atoms with Crippen molar-refractivity contribution in [2.24, 2.45) is 0 Å². The Bertz CT molecular complexity index is 941. The molecular formula is C18H21N3O6S. The van der Waals surface area contributed by atoms with Gasteiger partial charge in [0.25, 0.3) is 5.91 Å². The lowest BCUT2D eigenvalue weighted by Crippen LogP contribution is -2.42. The molecule has 28 heavy (non-hydrogen) atoms. The Morgan fingerprint density at radius 3 is 2.75 bits per heavy atom. The molecule has 2 heterocycles. The van der Waals surface area contributed by atoms with Gasteiger partial charge in [-0.3, -0.25) is 9.59 Å². The number of rotatable bonds is 7. The highest BCUT2D eigenvalue weighted by molar-refractivity contribution is 7.91. The number of sulfone groups is 1. The van der Waals surface area contributed by atoms with Gasteiger partial charge in [-0.1, -0.05) is 35.5 Å². The predicted octanol–water partition coefficient (Wildman–Crippen LogP) is 0.904. The Morgan fingerprint density at radius 2 is 2.07 bits per heavy atom. The first-order valence-electron chi connectivity index (χ1n) is 8.91. The van der Waals surface area contributed by atoms with Crippen molar-refractivity contribution >= 4 is 21.7 Å². The second kappa shape index (κ2) is 8.51. The van der Waals surface area contributed by atoms with E-state index in [1.165, 1.54) is 6.92 Å². The van der Waals surface area contributed by atoms with E-state index in [9.17, 15) is 18.0 Å². The van der Waals surface area contributed by atoms with Crippen LogP contribution in [0.15, 0.2) is 34.9 Å². The fourth-order valence-corrected chi connectivity index (χ4v) is 4.48. The number of hydrogen-bond donors (Lipinski definition) is 1. The smallest absolute Gasteiger partial charge is 0.307 e. The summed E-state index contributed by atoms with van der Waals surface area (Å²) in [7, 11) is -3.09. The number of ether oxygens (including phenoxy) is 1. The zero-order valence-electron chi connectivity index (χ0n) is 15.3. The van der Waals surface area contributed by atoms with Crippen molar-refractivity contribution in [1.29, 1.82) is 0 Å². The number of carbonyl (C=O) groups excluding carboxylic acids is 2. The first-order chi connectivity index (χ1) is 13.3. The zero-order chi connectivity index (χ0) is 20.1. The van der Waals surface area contributed by atoms with Crippen LogP contribution in [0.25, 0.3) is 11.4 Å². The third-order valence-corrected chi connectivity index (χ3v) is 6.07. The number of aromatic nitrogens is 2. The molecule has 9 nitrogen and oxygen atoms in total. The molecule has 1 N–H and O–H groups in total. The number of aryl methyl sites for hydroxylation is 1. The minimum atomic E-state index is -3.09. The number of nitrogens with zero attached hydrogens (tertiary/aromatic N) is 2. The second-order valence-corrected chi connectivity index (χ2v) is 8.85. The molecule has 1 aliphatic rings. The van der Waals surface area contributed by atoms with Crippen LogP contribution in [0.2, 0.25) is 0 Å². The SMILES string of the molecule is C[C@@H](OC(=O)CCc1nc(-c2ccccc2)no1)C(=O)N[C@@H]1CCS(=O)(=O)C1. The van der Waals surface area contributed by atoms with Crippen LogP contribution in [0.5, 0.6) is 0 Å². The van der Waals surface area contributed by atoms with E-state index in [0.717, 1.165) is 5.56 Å². The summed E-state index contributed by atoms with van der Waals surface area (Å²) in [4.78, 5) is 28.2. The maximum atomic E-state index is 12.1. The summed E-state index contributed by atoms with van der Waals surface area (Å²) < 4.78 is 33.1. The van der Waals surface area contributed by atoms with Crippen LogP contribution in [0.1, 0.15) is 25.7 Å². The van der Waals surface area contributed by atoms with E-state index in [4.69, 9.17) is 9.26 Å². The lowest BCUT2D eigenvalue weighted by Gasteiger charge is -2.16. The van der Waals surface area contributed by atoms with Gasteiger partial charge in [-0.2, -0.15) is 4.98 Å². The Labute approximate surface area is 162 Å². The van der Waals surface area contributed by atoms with Crippen molar-refractivity contribution in [2.75, 3.05) is 11.5 Å². The van der Waals surface area contributed by atoms with Crippen molar-refractivity contribution in [2.45, 2.75) is 38.3 Å². The molecule has 3 rings (SSSR count). The molecule has 1 aliphatic heterocycles. The largest absolute Gasteiger partial charge is 0.453 e. The number of amides is 1. The fraction of sp³-hybridized carbons (Fsp3) is 0.444. The average Bonchev–Trinajstić information content (AvgIpc) is 3.27. The molecular weight excluding hydrogens is 386 g/mol. The zero-order valence-corrected chi connectivity index (χ0v) is 16.1. The Balaban J connectivity index is 1.44. The van der Waals surface area contributed by atoms with Gasteiger partial charge in [0.15, 0.2) is 15.9 Å². The van der Waals surface area contributed by atoms with Crippen molar-refractivity contribution < 1.29 is 27.3 Å². The number of esters is 1. The lowest BCUT2D eigenvalue weighted by atomic mass is 10.2. The van der Waals surface area contributed by atoms with E-state index in [2.05, 4.69) is 15.5 Å². The van der Waals surface area contributed by atoms with Gasteiger partial charge in [-0.15, -0.1) is 0 Å². The molecule has 0 radical (unpaired) electrons. The highest BCUT2D eigenvalue weighted by atomic mass is 32.2. The summed E-state index contributed by atoms with van der Waals surface area (Å²) in [6.07, 6.45) is -0.478. The first-order valence-corrected chi connectivity index (χ1v) is 10.7. The molecule has 0 aliphatic carbocycles. The maximum Gasteiger partial charge on any atom is 0.307 e. The Kier molecular flexibility index (Phi) is 6.08. The monoisotopic (exact) mass is 407 g/mol. The molecule has 0 unspecified atom stereocenters. The quantitative estimate of drug-likeness (QED) is 0.671. The fourth-order valence-electron chi connectivity index (χ4n) is 2.81. The van der Waals surface area contributed by atoms with Crippen LogP contribution in [-0.4, -0.2) is 54.1 Å². The van der Waals surface area contributed by atoms with Gasteiger partial charge in [0.2, 0.25) is 11.7 Å². The maximum absolute atomic E-state index is 12.1. The molecule has 2 atom stereocenters. The van der Waals surface area contributed by atoms with Crippen molar-refractivity contribution in [3.63, 3.8) is 0 Å². The van der Waals surface area contributed by atoms with E-state index >= 15 is 0 Å². The van der Waals surface area contributed by atoms with Gasteiger partial charge in [-0.05, 0) is 13.3 Å². The highest BCUT2D eigenvalue weighted by Gasteiger charge is 2.30. The van der Waals surface area contributed by atoms with E-state index in [1.807, 2.05) is 30.3 Å². The second-order valence-electron chi connectivity index (χ2n) is 6.62. The van der Waals surface area contributed by atoms with Gasteiger partial charge in [0, 0.05) is 18.0 Å². The van der Waals surface area contributed by atoms with Gasteiger partial charge in [0.1, 0.15) is 0 Å². The van der Waals surface area contributed by atoms with E-state index in [0.29, 0.717) is 18.1 Å². The first kappa shape index (κ1) is 20.0. The average molecular weight is 407 g/mol. The minimum Gasteiger partial charge on any atom is -0.453 e. The highest BCUT2D eigenvalue weighted by Crippen LogP contribution is 2.16. The molecule has 0 saturated carbocycles. The van der Waals surface area contributed by atoms with Gasteiger partial charge in [-0.25, -0.2) is 8.42 Å². The van der Waals surface area contributed by atoms with Crippen LogP contribution in [0.4, 0.5) is 0 Å². The standard InChI is InChI=1S/C18H21N3O6S/c1-12(18(23)19-14-9-10-28(24,25)11-14)26-16(22)8-7-15-20-17(21-27-15)13-5-3-2-4-6-13/h2-6,12,14H,7-11H2,1H3,(H,19,23)/t12-,14-/m1/s1. The van der Waals surface area contributed by atoms with Gasteiger partial charge in [0.05, 0.1) is 17.9 Å². The van der Waals surface area contributed by atoms with Crippen LogP contribution in [-0.2, 0) is 30.6 Å². The molecule has 1 aromatic heterocycles.